The summed E-state index contributed by atoms with van der Waals surface area (Å²) in [5, 5.41) is 8.93. The van der Waals surface area contributed by atoms with Gasteiger partial charge in [-0.15, -0.1) is 0 Å². The number of rotatable bonds is 4. The number of benzene rings is 1. The fraction of sp³-hybridized carbons (Fsp3) is 0.154. The Morgan fingerprint density at radius 3 is 2.68 bits per heavy atom. The molecule has 19 heavy (non-hydrogen) atoms. The molecule has 2 rings (SSSR count). The molecule has 4 nitrogen and oxygen atoms in total. The van der Waals surface area contributed by atoms with Crippen molar-refractivity contribution in [2.75, 3.05) is 12.3 Å². The number of halogens is 2. The van der Waals surface area contributed by atoms with E-state index in [4.69, 9.17) is 15.6 Å². The van der Waals surface area contributed by atoms with Gasteiger partial charge in [0.05, 0.1) is 0 Å². The quantitative estimate of drug-likeness (QED) is 0.890. The first-order valence-corrected chi connectivity index (χ1v) is 5.60. The number of ether oxygens (including phenoxy) is 1. The standard InChI is InChI=1S/C13H12F2N2O2/c14-9-7-10(15)13(17-12(9)16)19-11-4-2-1-3-8(11)5-6-18/h1-4,7,18H,5-6H2,(H2,16,17). The number of hydrogen-bond donors (Lipinski definition) is 2. The molecule has 0 spiro atoms. The van der Waals surface area contributed by atoms with Gasteiger partial charge in [0.15, 0.2) is 17.5 Å². The van der Waals surface area contributed by atoms with E-state index in [-0.39, 0.29) is 6.61 Å². The Kier molecular flexibility index (Phi) is 3.91. The maximum absolute atomic E-state index is 13.5. The van der Waals surface area contributed by atoms with Gasteiger partial charge < -0.3 is 15.6 Å². The number of aliphatic hydroxyl groups is 1. The Labute approximate surface area is 108 Å². The molecule has 2 aromatic rings. The molecule has 0 aliphatic heterocycles. The molecule has 0 amide bonds. The van der Waals surface area contributed by atoms with E-state index in [0.717, 1.165) is 0 Å². The predicted molar refractivity (Wildman–Crippen MR) is 65.9 cm³/mol. The molecular formula is C13H12F2N2O2. The number of nitrogens with two attached hydrogens (primary N) is 1. The van der Waals surface area contributed by atoms with Crippen molar-refractivity contribution in [3.63, 3.8) is 0 Å². The zero-order valence-corrected chi connectivity index (χ0v) is 9.94. The number of hydrogen-bond acceptors (Lipinski definition) is 4. The minimum atomic E-state index is -0.939. The summed E-state index contributed by atoms with van der Waals surface area (Å²) in [6, 6.07) is 7.41. The van der Waals surface area contributed by atoms with Crippen LogP contribution >= 0.6 is 0 Å². The van der Waals surface area contributed by atoms with Gasteiger partial charge in [0.2, 0.25) is 0 Å². The van der Waals surface area contributed by atoms with Crippen LogP contribution in [0.3, 0.4) is 0 Å². The Hall–Kier alpha value is -2.21. The lowest BCUT2D eigenvalue weighted by Crippen LogP contribution is -2.02. The lowest BCUT2D eigenvalue weighted by Gasteiger charge is -2.10. The highest BCUT2D eigenvalue weighted by Crippen LogP contribution is 2.27. The molecule has 0 saturated heterocycles. The number of pyridine rings is 1. The molecule has 1 aromatic heterocycles. The predicted octanol–water partition coefficient (Wildman–Crippen LogP) is 2.27. The van der Waals surface area contributed by atoms with Crippen LogP contribution in [0.5, 0.6) is 11.6 Å². The highest BCUT2D eigenvalue weighted by molar-refractivity contribution is 5.39. The number of nitrogen functional groups attached to an aromatic ring is 1. The second-order valence-corrected chi connectivity index (χ2v) is 3.83. The third kappa shape index (κ3) is 2.97. The third-order valence-electron chi connectivity index (χ3n) is 2.48. The fourth-order valence-corrected chi connectivity index (χ4v) is 1.57. The van der Waals surface area contributed by atoms with Crippen molar-refractivity contribution in [1.82, 2.24) is 4.98 Å². The summed E-state index contributed by atoms with van der Waals surface area (Å²) in [5.74, 6) is -2.37. The first-order chi connectivity index (χ1) is 9.11. The highest BCUT2D eigenvalue weighted by Gasteiger charge is 2.13. The molecule has 3 N–H and O–H groups in total. The Bertz CT molecular complexity index is 591. The van der Waals surface area contributed by atoms with Crippen LogP contribution in [0.1, 0.15) is 5.56 Å². The van der Waals surface area contributed by atoms with Gasteiger partial charge in [-0.25, -0.2) is 8.78 Å². The molecule has 6 heteroatoms. The molecule has 1 aromatic carbocycles. The molecular weight excluding hydrogens is 254 g/mol. The number of anilines is 1. The van der Waals surface area contributed by atoms with Gasteiger partial charge in [0.1, 0.15) is 5.75 Å². The summed E-state index contributed by atoms with van der Waals surface area (Å²) in [7, 11) is 0. The van der Waals surface area contributed by atoms with Gasteiger partial charge in [0.25, 0.3) is 5.88 Å². The Morgan fingerprint density at radius 2 is 1.95 bits per heavy atom. The summed E-state index contributed by atoms with van der Waals surface area (Å²) >= 11 is 0. The summed E-state index contributed by atoms with van der Waals surface area (Å²) < 4.78 is 31.8. The second kappa shape index (κ2) is 5.62. The number of aliphatic hydroxyl groups excluding tert-OH is 1. The number of nitrogens with zero attached hydrogens (tertiary/aromatic N) is 1. The van der Waals surface area contributed by atoms with Crippen molar-refractivity contribution in [3.8, 4) is 11.6 Å². The van der Waals surface area contributed by atoms with E-state index in [1.165, 1.54) is 0 Å². The summed E-state index contributed by atoms with van der Waals surface area (Å²) in [6.07, 6.45) is 0.356. The van der Waals surface area contributed by atoms with Crippen molar-refractivity contribution < 1.29 is 18.6 Å². The molecule has 0 fully saturated rings. The third-order valence-corrected chi connectivity index (χ3v) is 2.48. The topological polar surface area (TPSA) is 68.4 Å². The van der Waals surface area contributed by atoms with Gasteiger partial charge in [-0.3, -0.25) is 0 Å². The SMILES string of the molecule is Nc1nc(Oc2ccccc2CCO)c(F)cc1F. The van der Waals surface area contributed by atoms with Crippen LogP contribution in [0.4, 0.5) is 14.6 Å². The van der Waals surface area contributed by atoms with E-state index >= 15 is 0 Å². The molecule has 0 radical (unpaired) electrons. The number of para-hydroxylation sites is 1. The van der Waals surface area contributed by atoms with Crippen LogP contribution < -0.4 is 10.5 Å². The molecule has 1 heterocycles. The van der Waals surface area contributed by atoms with Crippen molar-refractivity contribution >= 4 is 5.82 Å². The van der Waals surface area contributed by atoms with Crippen LogP contribution in [0.2, 0.25) is 0 Å². The monoisotopic (exact) mass is 266 g/mol. The average molecular weight is 266 g/mol. The van der Waals surface area contributed by atoms with Gasteiger partial charge in [-0.05, 0) is 18.1 Å². The second-order valence-electron chi connectivity index (χ2n) is 3.83. The van der Waals surface area contributed by atoms with Crippen LogP contribution in [0.25, 0.3) is 0 Å². The van der Waals surface area contributed by atoms with Crippen LogP contribution in [-0.2, 0) is 6.42 Å². The first kappa shape index (κ1) is 13.2. The molecule has 0 bridgehead atoms. The molecule has 0 saturated carbocycles. The van der Waals surface area contributed by atoms with Gasteiger partial charge in [-0.2, -0.15) is 4.98 Å². The summed E-state index contributed by atoms with van der Waals surface area (Å²) in [4.78, 5) is 3.51. The smallest absolute Gasteiger partial charge is 0.258 e. The summed E-state index contributed by atoms with van der Waals surface area (Å²) in [6.45, 7) is -0.0676. The van der Waals surface area contributed by atoms with Crippen molar-refractivity contribution in [2.45, 2.75) is 6.42 Å². The van der Waals surface area contributed by atoms with E-state index < -0.39 is 23.3 Å². The fourth-order valence-electron chi connectivity index (χ4n) is 1.57. The minimum absolute atomic E-state index is 0.0676. The van der Waals surface area contributed by atoms with Crippen LogP contribution in [-0.4, -0.2) is 16.7 Å². The molecule has 0 atom stereocenters. The van der Waals surface area contributed by atoms with E-state index in [1.807, 2.05) is 0 Å². The number of aromatic nitrogens is 1. The van der Waals surface area contributed by atoms with Crippen LogP contribution in [0, 0.1) is 11.6 Å². The Morgan fingerprint density at radius 1 is 1.21 bits per heavy atom. The largest absolute Gasteiger partial charge is 0.436 e. The lowest BCUT2D eigenvalue weighted by atomic mass is 10.1. The summed E-state index contributed by atoms with van der Waals surface area (Å²) in [5.41, 5.74) is 5.96. The van der Waals surface area contributed by atoms with E-state index in [0.29, 0.717) is 23.8 Å². The first-order valence-electron chi connectivity index (χ1n) is 5.60. The van der Waals surface area contributed by atoms with Crippen molar-refractivity contribution in [2.24, 2.45) is 0 Å². The average Bonchev–Trinajstić information content (AvgIpc) is 2.38. The van der Waals surface area contributed by atoms with Gasteiger partial charge in [-0.1, -0.05) is 18.2 Å². The van der Waals surface area contributed by atoms with Crippen molar-refractivity contribution in [3.05, 3.63) is 47.5 Å². The minimum Gasteiger partial charge on any atom is -0.436 e. The highest BCUT2D eigenvalue weighted by atomic mass is 19.1. The van der Waals surface area contributed by atoms with Gasteiger partial charge >= 0.3 is 0 Å². The molecule has 0 aliphatic carbocycles. The molecule has 0 aliphatic rings. The van der Waals surface area contributed by atoms with E-state index in [9.17, 15) is 8.78 Å². The Balaban J connectivity index is 2.33. The van der Waals surface area contributed by atoms with E-state index in [2.05, 4.69) is 4.98 Å². The normalized spacial score (nSPS) is 10.5. The zero-order chi connectivity index (χ0) is 13.8. The maximum Gasteiger partial charge on any atom is 0.258 e. The molecule has 100 valence electrons. The maximum atomic E-state index is 13.5. The molecule has 0 unspecified atom stereocenters. The van der Waals surface area contributed by atoms with Crippen molar-refractivity contribution in [1.29, 1.82) is 0 Å². The van der Waals surface area contributed by atoms with Gasteiger partial charge in [0, 0.05) is 12.7 Å². The zero-order valence-electron chi connectivity index (χ0n) is 9.94. The van der Waals surface area contributed by atoms with E-state index in [1.54, 1.807) is 24.3 Å². The van der Waals surface area contributed by atoms with Crippen LogP contribution in [0.15, 0.2) is 30.3 Å². The lowest BCUT2D eigenvalue weighted by molar-refractivity contribution is 0.297.